The van der Waals surface area contributed by atoms with Crippen LogP contribution >= 0.6 is 0 Å². The van der Waals surface area contributed by atoms with Gasteiger partial charge in [-0.05, 0) is 18.6 Å². The van der Waals surface area contributed by atoms with Gasteiger partial charge in [0.1, 0.15) is 18.2 Å². The minimum absolute atomic E-state index is 0.345. The van der Waals surface area contributed by atoms with Crippen molar-refractivity contribution in [1.29, 1.82) is 0 Å². The number of aromatic nitrogens is 3. The summed E-state index contributed by atoms with van der Waals surface area (Å²) in [5, 5.41) is 9.09. The van der Waals surface area contributed by atoms with E-state index in [9.17, 15) is 9.59 Å². The summed E-state index contributed by atoms with van der Waals surface area (Å²) < 4.78 is 1.71. The van der Waals surface area contributed by atoms with E-state index in [1.807, 2.05) is 0 Å². The minimum atomic E-state index is -1.02. The Bertz CT molecular complexity index is 622. The molecule has 2 aromatic rings. The summed E-state index contributed by atoms with van der Waals surface area (Å²) in [6.45, 7) is 1.73. The molecular weight excluding hydrogens is 272 g/mol. The van der Waals surface area contributed by atoms with Gasteiger partial charge in [-0.3, -0.25) is 9.36 Å². The first kappa shape index (κ1) is 14.7. The van der Waals surface area contributed by atoms with Gasteiger partial charge >= 0.3 is 5.97 Å². The molecule has 7 heteroatoms. The van der Waals surface area contributed by atoms with E-state index in [2.05, 4.69) is 9.97 Å². The summed E-state index contributed by atoms with van der Waals surface area (Å²) in [6, 6.07) is 2.46. The Balaban J connectivity index is 2.18. The third-order valence-electron chi connectivity index (χ3n) is 3.22. The summed E-state index contributed by atoms with van der Waals surface area (Å²) in [4.78, 5) is 32.7. The molecule has 0 aliphatic carbocycles. The van der Waals surface area contributed by atoms with E-state index in [1.54, 1.807) is 42.3 Å². The first-order valence-electron chi connectivity index (χ1n) is 6.49. The molecule has 1 unspecified atom stereocenters. The Morgan fingerprint density at radius 3 is 2.67 bits per heavy atom. The van der Waals surface area contributed by atoms with E-state index in [0.717, 1.165) is 0 Å². The molecule has 0 bridgehead atoms. The van der Waals surface area contributed by atoms with Crippen molar-refractivity contribution in [2.24, 2.45) is 0 Å². The van der Waals surface area contributed by atoms with Gasteiger partial charge in [-0.25, -0.2) is 14.8 Å². The molecule has 0 aliphatic heterocycles. The molecule has 0 saturated heterocycles. The molecule has 7 nitrogen and oxygen atoms in total. The fourth-order valence-electron chi connectivity index (χ4n) is 2.02. The van der Waals surface area contributed by atoms with Crippen molar-refractivity contribution in [3.8, 4) is 5.82 Å². The van der Waals surface area contributed by atoms with Crippen molar-refractivity contribution in [2.75, 3.05) is 7.05 Å². The van der Waals surface area contributed by atoms with E-state index in [-0.39, 0.29) is 5.91 Å². The summed E-state index contributed by atoms with van der Waals surface area (Å²) in [5.74, 6) is -0.748. The molecule has 0 fully saturated rings. The Kier molecular flexibility index (Phi) is 4.32. The number of hydrogen-bond donors (Lipinski definition) is 1. The highest BCUT2D eigenvalue weighted by Gasteiger charge is 2.25. The van der Waals surface area contributed by atoms with Crippen molar-refractivity contribution < 1.29 is 14.7 Å². The molecule has 0 spiro atoms. The third kappa shape index (κ3) is 3.07. The second-order valence-electron chi connectivity index (χ2n) is 4.55. The number of amides is 1. The molecule has 1 N–H and O–H groups in total. The fourth-order valence-corrected chi connectivity index (χ4v) is 2.02. The second-order valence-corrected chi connectivity index (χ2v) is 4.55. The van der Waals surface area contributed by atoms with Crippen LogP contribution in [0.3, 0.4) is 0 Å². The summed E-state index contributed by atoms with van der Waals surface area (Å²) in [6.07, 6.45) is 6.76. The molecule has 0 saturated carbocycles. The smallest absolute Gasteiger partial charge is 0.326 e. The van der Waals surface area contributed by atoms with Gasteiger partial charge in [0.2, 0.25) is 0 Å². The zero-order chi connectivity index (χ0) is 15.4. The maximum Gasteiger partial charge on any atom is 0.326 e. The molecule has 2 rings (SSSR count). The number of carboxylic acids is 1. The third-order valence-corrected chi connectivity index (χ3v) is 3.22. The van der Waals surface area contributed by atoms with E-state index >= 15 is 0 Å². The van der Waals surface area contributed by atoms with Crippen LogP contribution in [0, 0.1) is 0 Å². The number of rotatable bonds is 5. The molecule has 0 aromatic carbocycles. The van der Waals surface area contributed by atoms with Crippen molar-refractivity contribution in [2.45, 2.75) is 19.4 Å². The molecule has 0 aliphatic rings. The number of carbonyl (C=O) groups excluding carboxylic acids is 1. The van der Waals surface area contributed by atoms with Crippen molar-refractivity contribution in [3.05, 3.63) is 42.6 Å². The van der Waals surface area contributed by atoms with Crippen LogP contribution in [0.4, 0.5) is 0 Å². The Hall–Kier alpha value is -2.70. The van der Waals surface area contributed by atoms with Crippen LogP contribution in [0.25, 0.3) is 5.82 Å². The largest absolute Gasteiger partial charge is 0.480 e. The number of nitrogens with zero attached hydrogens (tertiary/aromatic N) is 4. The van der Waals surface area contributed by atoms with Gasteiger partial charge in [0.25, 0.3) is 5.91 Å². The lowest BCUT2D eigenvalue weighted by Gasteiger charge is -2.23. The molecule has 0 radical (unpaired) electrons. The van der Waals surface area contributed by atoms with Crippen LogP contribution in [0.5, 0.6) is 0 Å². The quantitative estimate of drug-likeness (QED) is 0.893. The van der Waals surface area contributed by atoms with E-state index in [0.29, 0.717) is 17.8 Å². The van der Waals surface area contributed by atoms with Crippen LogP contribution in [0.2, 0.25) is 0 Å². The Labute approximate surface area is 121 Å². The first-order chi connectivity index (χ1) is 10.0. The summed E-state index contributed by atoms with van der Waals surface area (Å²) >= 11 is 0. The van der Waals surface area contributed by atoms with Crippen LogP contribution in [0.1, 0.15) is 23.7 Å². The normalized spacial score (nSPS) is 11.9. The standard InChI is InChI=1S/C14H16N4O3/c1-3-11(14(20)21)17(2)13(19)10-4-5-12(16-8-10)18-7-6-15-9-18/h4-9,11H,3H2,1-2H3,(H,20,21). The number of carboxylic acid groups (broad SMARTS) is 1. The van der Waals surface area contributed by atoms with Crippen LogP contribution in [0.15, 0.2) is 37.1 Å². The Morgan fingerprint density at radius 1 is 1.43 bits per heavy atom. The van der Waals surface area contributed by atoms with Crippen LogP contribution < -0.4 is 0 Å². The van der Waals surface area contributed by atoms with Crippen molar-refractivity contribution in [3.63, 3.8) is 0 Å². The number of carbonyl (C=O) groups is 2. The molecule has 21 heavy (non-hydrogen) atoms. The lowest BCUT2D eigenvalue weighted by molar-refractivity contribution is -0.142. The highest BCUT2D eigenvalue weighted by atomic mass is 16.4. The van der Waals surface area contributed by atoms with E-state index < -0.39 is 12.0 Å². The summed E-state index contributed by atoms with van der Waals surface area (Å²) in [7, 11) is 1.48. The van der Waals surface area contributed by atoms with E-state index in [1.165, 1.54) is 18.1 Å². The molecule has 2 heterocycles. The van der Waals surface area contributed by atoms with Gasteiger partial charge in [0.15, 0.2) is 0 Å². The Morgan fingerprint density at radius 2 is 2.19 bits per heavy atom. The molecular formula is C14H16N4O3. The maximum absolute atomic E-state index is 12.3. The second kappa shape index (κ2) is 6.17. The van der Waals surface area contributed by atoms with Gasteiger partial charge in [0, 0.05) is 25.6 Å². The lowest BCUT2D eigenvalue weighted by Crippen LogP contribution is -2.42. The van der Waals surface area contributed by atoms with E-state index in [4.69, 9.17) is 5.11 Å². The zero-order valence-corrected chi connectivity index (χ0v) is 11.8. The fraction of sp³-hybridized carbons (Fsp3) is 0.286. The highest BCUT2D eigenvalue weighted by molar-refractivity contribution is 5.96. The van der Waals surface area contributed by atoms with Crippen LogP contribution in [-0.2, 0) is 4.79 Å². The summed E-state index contributed by atoms with van der Waals surface area (Å²) in [5.41, 5.74) is 0.348. The monoisotopic (exact) mass is 288 g/mol. The highest BCUT2D eigenvalue weighted by Crippen LogP contribution is 2.11. The van der Waals surface area contributed by atoms with Crippen molar-refractivity contribution in [1.82, 2.24) is 19.4 Å². The number of hydrogen-bond acceptors (Lipinski definition) is 4. The maximum atomic E-state index is 12.3. The number of aliphatic carboxylic acids is 1. The number of imidazole rings is 1. The zero-order valence-electron chi connectivity index (χ0n) is 11.8. The average molecular weight is 288 g/mol. The van der Waals surface area contributed by atoms with Gasteiger partial charge in [-0.2, -0.15) is 0 Å². The molecule has 110 valence electrons. The van der Waals surface area contributed by atoms with Gasteiger partial charge in [0.05, 0.1) is 5.56 Å². The molecule has 1 amide bonds. The lowest BCUT2D eigenvalue weighted by atomic mass is 10.1. The number of pyridine rings is 1. The molecule has 2 aromatic heterocycles. The average Bonchev–Trinajstić information content (AvgIpc) is 3.01. The predicted octanol–water partition coefficient (Wildman–Crippen LogP) is 1.20. The van der Waals surface area contributed by atoms with Gasteiger partial charge in [-0.15, -0.1) is 0 Å². The van der Waals surface area contributed by atoms with Gasteiger partial charge in [-0.1, -0.05) is 6.92 Å². The first-order valence-corrected chi connectivity index (χ1v) is 6.49. The number of likely N-dealkylation sites (N-methyl/N-ethyl adjacent to an activating group) is 1. The van der Waals surface area contributed by atoms with Crippen molar-refractivity contribution >= 4 is 11.9 Å². The van der Waals surface area contributed by atoms with Crippen LogP contribution in [-0.4, -0.2) is 49.5 Å². The molecule has 1 atom stereocenters. The predicted molar refractivity (Wildman–Crippen MR) is 75.2 cm³/mol. The SMILES string of the molecule is CCC(C(=O)O)N(C)C(=O)c1ccc(-n2ccnc2)nc1. The minimum Gasteiger partial charge on any atom is -0.480 e. The van der Waals surface area contributed by atoms with Gasteiger partial charge < -0.3 is 10.0 Å². The topological polar surface area (TPSA) is 88.3 Å².